The van der Waals surface area contributed by atoms with Crippen molar-refractivity contribution in [2.75, 3.05) is 5.32 Å². The average Bonchev–Trinajstić information content (AvgIpc) is 2.65. The SMILES string of the molecule is Cc1cc(C(C)C)ccc1NC(=O)C(C(C)C)n1cnc2ccccc2c1=O. The van der Waals surface area contributed by atoms with Crippen LogP contribution in [0.4, 0.5) is 5.69 Å². The van der Waals surface area contributed by atoms with Gasteiger partial charge in [-0.3, -0.25) is 14.2 Å². The first-order chi connectivity index (χ1) is 13.3. The van der Waals surface area contributed by atoms with Crippen LogP contribution in [0.25, 0.3) is 10.9 Å². The Morgan fingerprint density at radius 2 is 1.79 bits per heavy atom. The second-order valence-electron chi connectivity index (χ2n) is 7.88. The van der Waals surface area contributed by atoms with Crippen LogP contribution in [0.1, 0.15) is 50.8 Å². The number of aromatic nitrogens is 2. The van der Waals surface area contributed by atoms with E-state index in [4.69, 9.17) is 0 Å². The van der Waals surface area contributed by atoms with Crippen LogP contribution in [0.15, 0.2) is 53.6 Å². The summed E-state index contributed by atoms with van der Waals surface area (Å²) in [5.74, 6) is 0.139. The third kappa shape index (κ3) is 3.84. The number of hydrogen-bond acceptors (Lipinski definition) is 3. The first kappa shape index (κ1) is 19.8. The van der Waals surface area contributed by atoms with Crippen molar-refractivity contribution in [2.45, 2.75) is 46.6 Å². The van der Waals surface area contributed by atoms with Gasteiger partial charge in [-0.1, -0.05) is 52.0 Å². The summed E-state index contributed by atoms with van der Waals surface area (Å²) in [7, 11) is 0. The molecule has 3 aromatic rings. The van der Waals surface area contributed by atoms with Gasteiger partial charge in [-0.05, 0) is 48.1 Å². The molecule has 0 bridgehead atoms. The number of anilines is 1. The molecular formula is C23H27N3O2. The highest BCUT2D eigenvalue weighted by Gasteiger charge is 2.26. The van der Waals surface area contributed by atoms with Gasteiger partial charge in [0.15, 0.2) is 0 Å². The molecule has 5 heteroatoms. The van der Waals surface area contributed by atoms with Crippen molar-refractivity contribution in [2.24, 2.45) is 5.92 Å². The first-order valence-electron chi connectivity index (χ1n) is 9.67. The van der Waals surface area contributed by atoms with Crippen molar-refractivity contribution < 1.29 is 4.79 Å². The molecule has 0 saturated carbocycles. The van der Waals surface area contributed by atoms with Crippen LogP contribution in [0.3, 0.4) is 0 Å². The molecule has 0 aliphatic rings. The van der Waals surface area contributed by atoms with Crippen molar-refractivity contribution in [3.63, 3.8) is 0 Å². The number of para-hydroxylation sites is 1. The number of carbonyl (C=O) groups excluding carboxylic acids is 1. The molecule has 0 aliphatic heterocycles. The van der Waals surface area contributed by atoms with E-state index in [1.54, 1.807) is 18.2 Å². The number of nitrogens with one attached hydrogen (secondary N) is 1. The zero-order valence-corrected chi connectivity index (χ0v) is 17.1. The fourth-order valence-electron chi connectivity index (χ4n) is 3.42. The van der Waals surface area contributed by atoms with E-state index >= 15 is 0 Å². The van der Waals surface area contributed by atoms with Gasteiger partial charge in [-0.2, -0.15) is 0 Å². The Bertz CT molecular complexity index is 1070. The summed E-state index contributed by atoms with van der Waals surface area (Å²) in [4.78, 5) is 30.4. The van der Waals surface area contributed by atoms with Gasteiger partial charge in [-0.15, -0.1) is 0 Å². The second-order valence-corrected chi connectivity index (χ2v) is 7.88. The van der Waals surface area contributed by atoms with E-state index in [0.717, 1.165) is 11.3 Å². The molecule has 28 heavy (non-hydrogen) atoms. The third-order valence-corrected chi connectivity index (χ3v) is 5.06. The number of rotatable bonds is 5. The lowest BCUT2D eigenvalue weighted by atomic mass is 9.99. The van der Waals surface area contributed by atoms with Crippen LogP contribution < -0.4 is 10.9 Å². The summed E-state index contributed by atoms with van der Waals surface area (Å²) in [6.07, 6.45) is 1.48. The second kappa shape index (κ2) is 7.97. The molecule has 1 aromatic heterocycles. The zero-order chi connectivity index (χ0) is 20.4. The lowest BCUT2D eigenvalue weighted by Gasteiger charge is -2.23. The highest BCUT2D eigenvalue weighted by atomic mass is 16.2. The van der Waals surface area contributed by atoms with Gasteiger partial charge in [0.1, 0.15) is 6.04 Å². The van der Waals surface area contributed by atoms with E-state index in [-0.39, 0.29) is 17.4 Å². The minimum atomic E-state index is -0.645. The van der Waals surface area contributed by atoms with Crippen molar-refractivity contribution in [1.82, 2.24) is 9.55 Å². The molecule has 3 rings (SSSR count). The van der Waals surface area contributed by atoms with E-state index in [1.807, 2.05) is 39.0 Å². The summed E-state index contributed by atoms with van der Waals surface area (Å²) >= 11 is 0. The quantitative estimate of drug-likeness (QED) is 0.703. The summed E-state index contributed by atoms with van der Waals surface area (Å²) in [5, 5.41) is 3.52. The third-order valence-electron chi connectivity index (χ3n) is 5.06. The number of fused-ring (bicyclic) bond motifs is 1. The van der Waals surface area contributed by atoms with Gasteiger partial charge in [0.25, 0.3) is 5.56 Å². The van der Waals surface area contributed by atoms with Gasteiger partial charge in [0.05, 0.1) is 17.2 Å². The van der Waals surface area contributed by atoms with Crippen LogP contribution in [0.2, 0.25) is 0 Å². The van der Waals surface area contributed by atoms with E-state index in [1.165, 1.54) is 16.5 Å². The molecule has 1 atom stereocenters. The van der Waals surface area contributed by atoms with E-state index in [2.05, 4.69) is 30.2 Å². The van der Waals surface area contributed by atoms with Crippen molar-refractivity contribution in [3.05, 3.63) is 70.3 Å². The molecule has 0 spiro atoms. The molecule has 0 saturated heterocycles. The van der Waals surface area contributed by atoms with Gasteiger partial charge in [0.2, 0.25) is 5.91 Å². The summed E-state index contributed by atoms with van der Waals surface area (Å²) in [6, 6.07) is 12.6. The van der Waals surface area contributed by atoms with Crippen LogP contribution in [0, 0.1) is 12.8 Å². The van der Waals surface area contributed by atoms with Gasteiger partial charge < -0.3 is 5.32 Å². The van der Waals surface area contributed by atoms with Crippen LogP contribution in [0.5, 0.6) is 0 Å². The molecule has 1 heterocycles. The Balaban J connectivity index is 1.96. The fourth-order valence-corrected chi connectivity index (χ4v) is 3.42. The smallest absolute Gasteiger partial charge is 0.261 e. The standard InChI is InChI=1S/C23H27N3O2/c1-14(2)17-10-11-19(16(5)12-17)25-22(27)21(15(3)4)26-13-24-20-9-7-6-8-18(20)23(26)28/h6-15,21H,1-5H3,(H,25,27). The van der Waals surface area contributed by atoms with Crippen LogP contribution >= 0.6 is 0 Å². The van der Waals surface area contributed by atoms with E-state index in [9.17, 15) is 9.59 Å². The predicted molar refractivity (Wildman–Crippen MR) is 114 cm³/mol. The first-order valence-corrected chi connectivity index (χ1v) is 9.67. The highest BCUT2D eigenvalue weighted by Crippen LogP contribution is 2.24. The Morgan fingerprint density at radius 1 is 1.07 bits per heavy atom. The van der Waals surface area contributed by atoms with Gasteiger partial charge >= 0.3 is 0 Å². The number of benzene rings is 2. The molecule has 0 radical (unpaired) electrons. The molecule has 146 valence electrons. The number of nitrogens with zero attached hydrogens (tertiary/aromatic N) is 2. The van der Waals surface area contributed by atoms with E-state index in [0.29, 0.717) is 16.8 Å². The molecule has 2 aromatic carbocycles. The molecule has 0 fully saturated rings. The van der Waals surface area contributed by atoms with Crippen molar-refractivity contribution >= 4 is 22.5 Å². The minimum Gasteiger partial charge on any atom is -0.324 e. The topological polar surface area (TPSA) is 64.0 Å². The maximum Gasteiger partial charge on any atom is 0.261 e. The maximum absolute atomic E-state index is 13.1. The lowest BCUT2D eigenvalue weighted by Crippen LogP contribution is -2.36. The predicted octanol–water partition coefficient (Wildman–Crippen LogP) is 4.66. The molecule has 5 nitrogen and oxygen atoms in total. The van der Waals surface area contributed by atoms with Crippen molar-refractivity contribution in [3.8, 4) is 0 Å². The van der Waals surface area contributed by atoms with E-state index < -0.39 is 6.04 Å². The van der Waals surface area contributed by atoms with Gasteiger partial charge in [0, 0.05) is 5.69 Å². The van der Waals surface area contributed by atoms with Gasteiger partial charge in [-0.25, -0.2) is 4.98 Å². The average molecular weight is 377 g/mol. The maximum atomic E-state index is 13.1. The Hall–Kier alpha value is -2.95. The van der Waals surface area contributed by atoms with Crippen LogP contribution in [-0.4, -0.2) is 15.5 Å². The molecule has 1 amide bonds. The summed E-state index contributed by atoms with van der Waals surface area (Å²) in [5.41, 5.74) is 3.43. The summed E-state index contributed by atoms with van der Waals surface area (Å²) in [6.45, 7) is 10.1. The fraction of sp³-hybridized carbons (Fsp3) is 0.348. The number of hydrogen-bond donors (Lipinski definition) is 1. The number of carbonyl (C=O) groups is 1. The highest BCUT2D eigenvalue weighted by molar-refractivity contribution is 5.94. The summed E-state index contributed by atoms with van der Waals surface area (Å²) < 4.78 is 1.44. The lowest BCUT2D eigenvalue weighted by molar-refractivity contribution is -0.120. The minimum absolute atomic E-state index is 0.0732. The molecule has 1 N–H and O–H groups in total. The monoisotopic (exact) mass is 377 g/mol. The van der Waals surface area contributed by atoms with Crippen molar-refractivity contribution in [1.29, 1.82) is 0 Å². The number of amides is 1. The largest absolute Gasteiger partial charge is 0.324 e. The van der Waals surface area contributed by atoms with Crippen LogP contribution in [-0.2, 0) is 4.79 Å². The molecular weight excluding hydrogens is 350 g/mol. The Labute approximate surface area is 165 Å². The molecule has 0 aliphatic carbocycles. The Morgan fingerprint density at radius 3 is 2.43 bits per heavy atom. The molecule has 1 unspecified atom stereocenters. The normalized spacial score (nSPS) is 12.5. The number of aryl methyl sites for hydroxylation is 1. The zero-order valence-electron chi connectivity index (χ0n) is 17.1. The Kier molecular flexibility index (Phi) is 5.63.